The second kappa shape index (κ2) is 8.20. The van der Waals surface area contributed by atoms with E-state index in [1.165, 1.54) is 0 Å². The molecule has 0 saturated heterocycles. The summed E-state index contributed by atoms with van der Waals surface area (Å²) in [5.41, 5.74) is 1.13. The van der Waals surface area contributed by atoms with Gasteiger partial charge in [0.15, 0.2) is 0 Å². The van der Waals surface area contributed by atoms with Gasteiger partial charge in [-0.25, -0.2) is 15.0 Å². The molecule has 3 aromatic rings. The van der Waals surface area contributed by atoms with Gasteiger partial charge in [-0.1, -0.05) is 38.1 Å². The molecule has 0 aliphatic heterocycles. The first-order valence-corrected chi connectivity index (χ1v) is 8.41. The smallest absolute Gasteiger partial charge is 0.270 e. The summed E-state index contributed by atoms with van der Waals surface area (Å²) in [6.45, 7) is 4.26. The number of ether oxygens (including phenoxy) is 1. The van der Waals surface area contributed by atoms with Gasteiger partial charge in [-0.05, 0) is 24.3 Å². The van der Waals surface area contributed by atoms with Gasteiger partial charge < -0.3 is 10.1 Å². The van der Waals surface area contributed by atoms with Crippen LogP contribution < -0.4 is 10.1 Å². The highest BCUT2D eigenvalue weighted by Gasteiger charge is 2.12. The Morgan fingerprint density at radius 2 is 1.85 bits per heavy atom. The first-order valence-electron chi connectivity index (χ1n) is 8.41. The summed E-state index contributed by atoms with van der Waals surface area (Å²) in [5, 5.41) is 2.86. The number of benzene rings is 1. The number of nitrogens with one attached hydrogen (secondary N) is 1. The van der Waals surface area contributed by atoms with Crippen LogP contribution in [0.1, 0.15) is 41.6 Å². The van der Waals surface area contributed by atoms with E-state index in [-0.39, 0.29) is 18.4 Å². The van der Waals surface area contributed by atoms with E-state index in [2.05, 4.69) is 20.3 Å². The second-order valence-corrected chi connectivity index (χ2v) is 6.02. The first-order chi connectivity index (χ1) is 12.6. The van der Waals surface area contributed by atoms with Gasteiger partial charge in [-0.15, -0.1) is 0 Å². The van der Waals surface area contributed by atoms with Crippen LogP contribution in [-0.2, 0) is 6.54 Å². The number of pyridine rings is 1. The summed E-state index contributed by atoms with van der Waals surface area (Å²) in [5.74, 6) is 1.70. The third kappa shape index (κ3) is 4.42. The van der Waals surface area contributed by atoms with Gasteiger partial charge in [-0.2, -0.15) is 0 Å². The molecule has 1 amide bonds. The summed E-state index contributed by atoms with van der Waals surface area (Å²) in [4.78, 5) is 25.1. The van der Waals surface area contributed by atoms with Crippen molar-refractivity contribution in [3.63, 3.8) is 0 Å². The van der Waals surface area contributed by atoms with Crippen LogP contribution in [-0.4, -0.2) is 20.9 Å². The fourth-order valence-corrected chi connectivity index (χ4v) is 2.30. The predicted octanol–water partition coefficient (Wildman–Crippen LogP) is 3.72. The number of amides is 1. The van der Waals surface area contributed by atoms with Crippen molar-refractivity contribution in [1.82, 2.24) is 20.3 Å². The lowest BCUT2D eigenvalue weighted by Gasteiger charge is -2.11. The molecule has 0 radical (unpaired) electrons. The van der Waals surface area contributed by atoms with Crippen molar-refractivity contribution in [2.24, 2.45) is 0 Å². The molecule has 1 aromatic carbocycles. The van der Waals surface area contributed by atoms with Crippen molar-refractivity contribution in [3.05, 3.63) is 78.0 Å². The van der Waals surface area contributed by atoms with Gasteiger partial charge in [-0.3, -0.25) is 4.79 Å². The molecule has 0 atom stereocenters. The Morgan fingerprint density at radius 3 is 2.62 bits per heavy atom. The van der Waals surface area contributed by atoms with Crippen LogP contribution in [0.5, 0.6) is 11.6 Å². The molecule has 0 bridgehead atoms. The lowest BCUT2D eigenvalue weighted by Crippen LogP contribution is -2.24. The van der Waals surface area contributed by atoms with Crippen LogP contribution in [0.2, 0.25) is 0 Å². The molecule has 0 unspecified atom stereocenters. The number of nitrogens with zero attached hydrogens (tertiary/aromatic N) is 3. The molecule has 0 aliphatic carbocycles. The van der Waals surface area contributed by atoms with Gasteiger partial charge in [0.05, 0.1) is 0 Å². The maximum absolute atomic E-state index is 12.4. The number of aromatic nitrogens is 3. The van der Waals surface area contributed by atoms with E-state index in [0.717, 1.165) is 5.56 Å². The van der Waals surface area contributed by atoms with Gasteiger partial charge in [0, 0.05) is 30.4 Å². The van der Waals surface area contributed by atoms with Crippen molar-refractivity contribution >= 4 is 5.91 Å². The Kier molecular flexibility index (Phi) is 5.53. The zero-order chi connectivity index (χ0) is 18.4. The molecule has 2 aromatic heterocycles. The molecule has 132 valence electrons. The zero-order valence-corrected chi connectivity index (χ0v) is 14.7. The molecule has 1 N–H and O–H groups in total. The van der Waals surface area contributed by atoms with Crippen molar-refractivity contribution in [2.75, 3.05) is 0 Å². The molecular weight excluding hydrogens is 328 g/mol. The number of carbonyl (C=O) groups excluding carboxylic acids is 1. The highest BCUT2D eigenvalue weighted by molar-refractivity contribution is 5.92. The second-order valence-electron chi connectivity index (χ2n) is 6.02. The van der Waals surface area contributed by atoms with Crippen molar-refractivity contribution in [3.8, 4) is 11.6 Å². The number of para-hydroxylation sites is 1. The maximum Gasteiger partial charge on any atom is 0.270 e. The first kappa shape index (κ1) is 17.5. The van der Waals surface area contributed by atoms with Gasteiger partial charge in [0.2, 0.25) is 5.88 Å². The van der Waals surface area contributed by atoms with E-state index in [9.17, 15) is 4.79 Å². The number of carbonyl (C=O) groups is 1. The van der Waals surface area contributed by atoms with Crippen LogP contribution in [0.3, 0.4) is 0 Å². The van der Waals surface area contributed by atoms with Crippen molar-refractivity contribution in [2.45, 2.75) is 26.3 Å². The van der Waals surface area contributed by atoms with Crippen LogP contribution in [0.15, 0.2) is 60.9 Å². The largest absolute Gasteiger partial charge is 0.439 e. The molecule has 2 heterocycles. The van der Waals surface area contributed by atoms with Gasteiger partial charge in [0.25, 0.3) is 5.91 Å². The van der Waals surface area contributed by atoms with E-state index < -0.39 is 0 Å². The molecule has 3 rings (SSSR count). The Hall–Kier alpha value is -3.28. The minimum absolute atomic E-state index is 0.159. The topological polar surface area (TPSA) is 77.0 Å². The quantitative estimate of drug-likeness (QED) is 0.735. The van der Waals surface area contributed by atoms with E-state index >= 15 is 0 Å². The summed E-state index contributed by atoms with van der Waals surface area (Å²) in [7, 11) is 0. The summed E-state index contributed by atoms with van der Waals surface area (Å²) in [6, 6.07) is 14.7. The molecule has 0 saturated carbocycles. The zero-order valence-electron chi connectivity index (χ0n) is 14.7. The summed E-state index contributed by atoms with van der Waals surface area (Å²) >= 11 is 0. The van der Waals surface area contributed by atoms with Crippen molar-refractivity contribution < 1.29 is 9.53 Å². The van der Waals surface area contributed by atoms with E-state index in [1.54, 1.807) is 24.5 Å². The SMILES string of the molecule is CC(C)c1nccc(C(=O)NCc2cccnc2Oc2ccccc2)n1. The minimum atomic E-state index is -0.260. The number of hydrogen-bond acceptors (Lipinski definition) is 5. The van der Waals surface area contributed by atoms with E-state index in [0.29, 0.717) is 23.1 Å². The minimum Gasteiger partial charge on any atom is -0.439 e. The third-order valence-corrected chi connectivity index (χ3v) is 3.67. The average Bonchev–Trinajstić information content (AvgIpc) is 2.68. The van der Waals surface area contributed by atoms with Crippen LogP contribution in [0.4, 0.5) is 0 Å². The lowest BCUT2D eigenvalue weighted by atomic mass is 10.2. The van der Waals surface area contributed by atoms with E-state index in [1.807, 2.05) is 50.2 Å². The van der Waals surface area contributed by atoms with Gasteiger partial charge in [0.1, 0.15) is 17.3 Å². The van der Waals surface area contributed by atoms with Gasteiger partial charge >= 0.3 is 0 Å². The fraction of sp³-hybridized carbons (Fsp3) is 0.200. The average molecular weight is 348 g/mol. The van der Waals surface area contributed by atoms with Crippen LogP contribution in [0, 0.1) is 0 Å². The molecule has 6 nitrogen and oxygen atoms in total. The molecule has 6 heteroatoms. The molecule has 0 fully saturated rings. The monoisotopic (exact) mass is 348 g/mol. The van der Waals surface area contributed by atoms with Crippen molar-refractivity contribution in [1.29, 1.82) is 0 Å². The molecule has 0 spiro atoms. The summed E-state index contributed by atoms with van der Waals surface area (Å²) in [6.07, 6.45) is 3.26. The fourth-order valence-electron chi connectivity index (χ4n) is 2.30. The Labute approximate surface area is 152 Å². The highest BCUT2D eigenvalue weighted by Crippen LogP contribution is 2.22. The van der Waals surface area contributed by atoms with Crippen LogP contribution in [0.25, 0.3) is 0 Å². The number of hydrogen-bond donors (Lipinski definition) is 1. The summed E-state index contributed by atoms with van der Waals surface area (Å²) < 4.78 is 5.81. The molecular formula is C20H20N4O2. The lowest BCUT2D eigenvalue weighted by molar-refractivity contribution is 0.0945. The normalized spacial score (nSPS) is 10.6. The third-order valence-electron chi connectivity index (χ3n) is 3.67. The van der Waals surface area contributed by atoms with E-state index in [4.69, 9.17) is 4.74 Å². The standard InChI is InChI=1S/C20H20N4O2/c1-14(2)18-21-12-10-17(24-18)19(25)23-13-15-7-6-11-22-20(15)26-16-8-4-3-5-9-16/h3-12,14H,13H2,1-2H3,(H,23,25). The molecule has 26 heavy (non-hydrogen) atoms. The van der Waals surface area contributed by atoms with Crippen LogP contribution >= 0.6 is 0 Å². The number of rotatable bonds is 6. The highest BCUT2D eigenvalue weighted by atomic mass is 16.5. The molecule has 0 aliphatic rings. The Morgan fingerprint density at radius 1 is 1.04 bits per heavy atom. The Bertz CT molecular complexity index is 882. The predicted molar refractivity (Wildman–Crippen MR) is 98.0 cm³/mol. The Balaban J connectivity index is 1.70. The maximum atomic E-state index is 12.4.